The van der Waals surface area contributed by atoms with Gasteiger partial charge in [0.2, 0.25) is 17.6 Å². The zero-order valence-electron chi connectivity index (χ0n) is 17.7. The Bertz CT molecular complexity index is 1260. The second-order valence-corrected chi connectivity index (χ2v) is 7.45. The fourth-order valence-electron chi connectivity index (χ4n) is 3.30. The van der Waals surface area contributed by atoms with Gasteiger partial charge in [-0.15, -0.1) is 0 Å². The first-order valence-corrected chi connectivity index (χ1v) is 10.5. The Hall–Kier alpha value is -4.01. The predicted molar refractivity (Wildman–Crippen MR) is 121 cm³/mol. The molecule has 0 unspecified atom stereocenters. The zero-order chi connectivity index (χ0) is 22.3. The lowest BCUT2D eigenvalue weighted by Gasteiger charge is -2.09. The minimum Gasteiger partial charge on any atom is -0.366 e. The number of hydrogen-bond donors (Lipinski definition) is 3. The fraction of sp³-hybridized carbons (Fsp3) is 0.261. The second kappa shape index (κ2) is 9.86. The van der Waals surface area contributed by atoms with Crippen LogP contribution in [-0.2, 0) is 11.2 Å². The molecule has 1 amide bonds. The van der Waals surface area contributed by atoms with Gasteiger partial charge < -0.3 is 15.2 Å². The first-order chi connectivity index (χ1) is 15.6. The Labute approximate surface area is 184 Å². The van der Waals surface area contributed by atoms with Crippen LogP contribution >= 0.6 is 0 Å². The maximum Gasteiger partial charge on any atom is 0.272 e. The number of H-pyrrole nitrogens is 1. The third kappa shape index (κ3) is 5.18. The van der Waals surface area contributed by atoms with E-state index >= 15 is 0 Å². The van der Waals surface area contributed by atoms with Gasteiger partial charge in [-0.1, -0.05) is 53.2 Å². The highest BCUT2D eigenvalue weighted by molar-refractivity contribution is 5.90. The van der Waals surface area contributed by atoms with Crippen LogP contribution in [0.5, 0.6) is 0 Å². The van der Waals surface area contributed by atoms with Gasteiger partial charge >= 0.3 is 0 Å². The number of fused-ring (bicyclic) bond motifs is 1. The van der Waals surface area contributed by atoms with Gasteiger partial charge in [0.1, 0.15) is 0 Å². The minimum absolute atomic E-state index is 0.0515. The number of rotatable bonds is 9. The Morgan fingerprint density at radius 2 is 1.84 bits per heavy atom. The van der Waals surface area contributed by atoms with E-state index in [4.69, 9.17) is 4.52 Å². The second-order valence-electron chi connectivity index (χ2n) is 7.45. The Morgan fingerprint density at radius 1 is 1.06 bits per heavy atom. The van der Waals surface area contributed by atoms with Crippen molar-refractivity contribution >= 4 is 22.5 Å². The lowest BCUT2D eigenvalue weighted by Crippen LogP contribution is -2.29. The number of carbonyl (C=O) groups excluding carboxylic acids is 1. The van der Waals surface area contributed by atoms with Crippen molar-refractivity contribution in [1.82, 2.24) is 25.7 Å². The first-order valence-electron chi connectivity index (χ1n) is 10.5. The number of benzene rings is 2. The summed E-state index contributed by atoms with van der Waals surface area (Å²) in [5.74, 6) is 1.60. The van der Waals surface area contributed by atoms with Crippen molar-refractivity contribution in [2.45, 2.75) is 26.2 Å². The van der Waals surface area contributed by atoms with Crippen LogP contribution in [0.15, 0.2) is 57.8 Å². The fourth-order valence-corrected chi connectivity index (χ4v) is 3.30. The van der Waals surface area contributed by atoms with E-state index in [9.17, 15) is 9.59 Å². The van der Waals surface area contributed by atoms with Crippen LogP contribution in [0.25, 0.3) is 22.2 Å². The van der Waals surface area contributed by atoms with Crippen molar-refractivity contribution in [3.63, 3.8) is 0 Å². The Morgan fingerprint density at radius 3 is 2.66 bits per heavy atom. The molecule has 2 aromatic carbocycles. The first kappa shape index (κ1) is 21.2. The van der Waals surface area contributed by atoms with E-state index < -0.39 is 0 Å². The van der Waals surface area contributed by atoms with Crippen LogP contribution in [0.2, 0.25) is 0 Å². The van der Waals surface area contributed by atoms with Crippen molar-refractivity contribution < 1.29 is 9.32 Å². The third-order valence-corrected chi connectivity index (χ3v) is 5.01. The SMILES string of the molecule is Cc1ccc(-c2noc(CCCC(=O)NCCNc3n[nH]c(=O)c4ccccc34)n2)cc1. The molecule has 0 fully saturated rings. The van der Waals surface area contributed by atoms with Crippen molar-refractivity contribution in [2.24, 2.45) is 0 Å². The molecule has 0 saturated carbocycles. The summed E-state index contributed by atoms with van der Waals surface area (Å²) >= 11 is 0. The normalized spacial score (nSPS) is 10.9. The molecule has 2 heterocycles. The number of nitrogens with one attached hydrogen (secondary N) is 3. The molecule has 4 aromatic rings. The number of hydrogen-bond acceptors (Lipinski definition) is 7. The monoisotopic (exact) mass is 432 g/mol. The predicted octanol–water partition coefficient (Wildman–Crippen LogP) is 2.83. The molecular formula is C23H24N6O3. The summed E-state index contributed by atoms with van der Waals surface area (Å²) in [6.45, 7) is 2.94. The van der Waals surface area contributed by atoms with Crippen molar-refractivity contribution in [3.05, 3.63) is 70.3 Å². The summed E-state index contributed by atoms with van der Waals surface area (Å²) in [6, 6.07) is 15.1. The molecule has 0 aliphatic carbocycles. The van der Waals surface area contributed by atoms with Crippen molar-refractivity contribution in [1.29, 1.82) is 0 Å². The van der Waals surface area contributed by atoms with Crippen LogP contribution in [0.4, 0.5) is 5.82 Å². The minimum atomic E-state index is -0.230. The molecule has 0 radical (unpaired) electrons. The Balaban J connectivity index is 1.18. The van der Waals surface area contributed by atoms with E-state index in [1.165, 1.54) is 5.56 Å². The van der Waals surface area contributed by atoms with Gasteiger partial charge in [-0.3, -0.25) is 9.59 Å². The maximum absolute atomic E-state index is 12.1. The van der Waals surface area contributed by atoms with Gasteiger partial charge in [0.05, 0.1) is 5.39 Å². The molecule has 0 atom stereocenters. The Kier molecular flexibility index (Phi) is 6.54. The molecule has 164 valence electrons. The summed E-state index contributed by atoms with van der Waals surface area (Å²) in [5.41, 5.74) is 1.84. The quantitative estimate of drug-likeness (QED) is 0.347. The smallest absolute Gasteiger partial charge is 0.272 e. The number of carbonyl (C=O) groups is 1. The molecule has 3 N–H and O–H groups in total. The molecule has 32 heavy (non-hydrogen) atoms. The van der Waals surface area contributed by atoms with E-state index in [2.05, 4.69) is 31.0 Å². The highest BCUT2D eigenvalue weighted by Crippen LogP contribution is 2.17. The molecule has 0 bridgehead atoms. The van der Waals surface area contributed by atoms with Gasteiger partial charge in [0.25, 0.3) is 5.56 Å². The number of nitrogens with zero attached hydrogens (tertiary/aromatic N) is 3. The summed E-state index contributed by atoms with van der Waals surface area (Å²) in [6.07, 6.45) is 1.51. The molecule has 0 aliphatic rings. The van der Waals surface area contributed by atoms with E-state index in [0.717, 1.165) is 10.9 Å². The van der Waals surface area contributed by atoms with E-state index in [1.54, 1.807) is 12.1 Å². The lowest BCUT2D eigenvalue weighted by atomic mass is 10.1. The summed E-state index contributed by atoms with van der Waals surface area (Å²) in [4.78, 5) is 28.3. The van der Waals surface area contributed by atoms with Gasteiger partial charge in [0, 0.05) is 36.9 Å². The van der Waals surface area contributed by atoms with Crippen molar-refractivity contribution in [2.75, 3.05) is 18.4 Å². The van der Waals surface area contributed by atoms with Gasteiger partial charge in [-0.2, -0.15) is 10.1 Å². The average molecular weight is 432 g/mol. The van der Waals surface area contributed by atoms with Gasteiger partial charge in [-0.25, -0.2) is 5.10 Å². The number of anilines is 1. The van der Waals surface area contributed by atoms with Gasteiger partial charge in [-0.05, 0) is 19.4 Å². The van der Waals surface area contributed by atoms with E-state index in [1.807, 2.05) is 43.3 Å². The third-order valence-electron chi connectivity index (χ3n) is 5.01. The number of aryl methyl sites for hydroxylation is 2. The van der Waals surface area contributed by atoms with Crippen LogP contribution in [0, 0.1) is 6.92 Å². The topological polar surface area (TPSA) is 126 Å². The molecule has 0 aliphatic heterocycles. The molecule has 2 aromatic heterocycles. The van der Waals surface area contributed by atoms with Crippen LogP contribution in [0.1, 0.15) is 24.3 Å². The number of aromatic nitrogens is 4. The van der Waals surface area contributed by atoms with Crippen LogP contribution < -0.4 is 16.2 Å². The van der Waals surface area contributed by atoms with E-state index in [-0.39, 0.29) is 11.5 Å². The molecule has 0 spiro atoms. The largest absolute Gasteiger partial charge is 0.366 e. The number of aromatic amines is 1. The average Bonchev–Trinajstić information content (AvgIpc) is 3.27. The summed E-state index contributed by atoms with van der Waals surface area (Å²) in [5, 5.41) is 17.9. The van der Waals surface area contributed by atoms with Crippen LogP contribution in [-0.4, -0.2) is 39.3 Å². The van der Waals surface area contributed by atoms with Crippen molar-refractivity contribution in [3.8, 4) is 11.4 Å². The standard InChI is InChI=1S/C23H24N6O3/c1-15-9-11-16(12-10-15)21-26-20(32-29-21)8-4-7-19(30)24-13-14-25-22-17-5-2-3-6-18(17)23(31)28-27-22/h2-3,5-6,9-12H,4,7-8,13-14H2,1H3,(H,24,30)(H,25,27)(H,28,31). The van der Waals surface area contributed by atoms with E-state index in [0.29, 0.717) is 55.3 Å². The summed E-state index contributed by atoms with van der Waals surface area (Å²) in [7, 11) is 0. The number of amides is 1. The molecule has 9 nitrogen and oxygen atoms in total. The highest BCUT2D eigenvalue weighted by Gasteiger charge is 2.10. The highest BCUT2D eigenvalue weighted by atomic mass is 16.5. The summed E-state index contributed by atoms with van der Waals surface area (Å²) < 4.78 is 5.29. The molecule has 4 rings (SSSR count). The zero-order valence-corrected chi connectivity index (χ0v) is 17.7. The maximum atomic E-state index is 12.1. The molecular weight excluding hydrogens is 408 g/mol. The van der Waals surface area contributed by atoms with Gasteiger partial charge in [0.15, 0.2) is 5.82 Å². The molecule has 9 heteroatoms. The molecule has 0 saturated heterocycles. The van der Waals surface area contributed by atoms with Crippen LogP contribution in [0.3, 0.4) is 0 Å². The lowest BCUT2D eigenvalue weighted by molar-refractivity contribution is -0.121.